The summed E-state index contributed by atoms with van der Waals surface area (Å²) in [6, 6.07) is 21.8. The summed E-state index contributed by atoms with van der Waals surface area (Å²) < 4.78 is 34.6. The van der Waals surface area contributed by atoms with Crippen LogP contribution in [-0.2, 0) is 22.3 Å². The lowest BCUT2D eigenvalue weighted by Crippen LogP contribution is -2.03. The van der Waals surface area contributed by atoms with E-state index in [9.17, 15) is 8.42 Å². The Balaban J connectivity index is 1.79. The SMILES string of the molecule is O=S(=O)(Cl)c1cc(OCc2ccccc2)cc(OCc2ccccc2)n1. The molecule has 3 rings (SSSR count). The maximum absolute atomic E-state index is 11.7. The van der Waals surface area contributed by atoms with Crippen LogP contribution in [-0.4, -0.2) is 13.4 Å². The molecule has 0 N–H and O–H groups in total. The quantitative estimate of drug-likeness (QED) is 0.567. The number of aromatic nitrogens is 1. The predicted octanol–water partition coefficient (Wildman–Crippen LogP) is 4.17. The van der Waals surface area contributed by atoms with Crippen molar-refractivity contribution in [1.29, 1.82) is 0 Å². The van der Waals surface area contributed by atoms with Crippen molar-refractivity contribution in [3.05, 3.63) is 83.9 Å². The van der Waals surface area contributed by atoms with Crippen LogP contribution in [0, 0.1) is 0 Å². The molecule has 0 saturated heterocycles. The fraction of sp³-hybridized carbons (Fsp3) is 0.105. The summed E-state index contributed by atoms with van der Waals surface area (Å²) >= 11 is 0. The monoisotopic (exact) mass is 389 g/mol. The third-order valence-corrected chi connectivity index (χ3v) is 4.66. The number of nitrogens with zero attached hydrogens (tertiary/aromatic N) is 1. The third kappa shape index (κ3) is 5.21. The van der Waals surface area contributed by atoms with Gasteiger partial charge in [-0.2, -0.15) is 0 Å². The van der Waals surface area contributed by atoms with E-state index in [-0.39, 0.29) is 24.1 Å². The number of hydrogen-bond donors (Lipinski definition) is 0. The van der Waals surface area contributed by atoms with E-state index in [2.05, 4.69) is 4.98 Å². The number of hydrogen-bond acceptors (Lipinski definition) is 5. The average Bonchev–Trinajstić information content (AvgIpc) is 2.66. The van der Waals surface area contributed by atoms with Crippen LogP contribution in [0.4, 0.5) is 0 Å². The van der Waals surface area contributed by atoms with Gasteiger partial charge in [0.1, 0.15) is 19.0 Å². The Labute approximate surface area is 156 Å². The van der Waals surface area contributed by atoms with E-state index >= 15 is 0 Å². The standard InChI is InChI=1S/C19H16ClNO4S/c20-26(22,23)19-12-17(24-13-15-7-3-1-4-8-15)11-18(21-19)25-14-16-9-5-2-6-10-16/h1-12H,13-14H2. The Morgan fingerprint density at radius 1 is 0.808 bits per heavy atom. The zero-order valence-electron chi connectivity index (χ0n) is 13.7. The second kappa shape index (κ2) is 8.21. The number of rotatable bonds is 7. The Morgan fingerprint density at radius 3 is 1.88 bits per heavy atom. The maximum atomic E-state index is 11.7. The molecule has 0 bridgehead atoms. The van der Waals surface area contributed by atoms with Gasteiger partial charge in [0.15, 0.2) is 5.03 Å². The molecule has 2 aromatic carbocycles. The van der Waals surface area contributed by atoms with Crippen molar-refractivity contribution in [2.24, 2.45) is 0 Å². The van der Waals surface area contributed by atoms with Crippen molar-refractivity contribution in [2.75, 3.05) is 0 Å². The summed E-state index contributed by atoms with van der Waals surface area (Å²) in [4.78, 5) is 3.95. The molecular formula is C19H16ClNO4S. The van der Waals surface area contributed by atoms with E-state index in [1.54, 1.807) is 0 Å². The Morgan fingerprint density at radius 2 is 1.35 bits per heavy atom. The molecule has 0 aliphatic rings. The molecule has 0 radical (unpaired) electrons. The minimum Gasteiger partial charge on any atom is -0.489 e. The van der Waals surface area contributed by atoms with Gasteiger partial charge in [0.2, 0.25) is 5.88 Å². The molecule has 3 aromatic rings. The first kappa shape index (κ1) is 18.2. The lowest BCUT2D eigenvalue weighted by atomic mass is 10.2. The van der Waals surface area contributed by atoms with Crippen LogP contribution >= 0.6 is 10.7 Å². The summed E-state index contributed by atoms with van der Waals surface area (Å²) in [6.07, 6.45) is 0. The highest BCUT2D eigenvalue weighted by Gasteiger charge is 2.16. The van der Waals surface area contributed by atoms with Crippen LogP contribution in [0.25, 0.3) is 0 Å². The van der Waals surface area contributed by atoms with E-state index in [0.717, 1.165) is 11.1 Å². The molecule has 0 atom stereocenters. The van der Waals surface area contributed by atoms with Gasteiger partial charge in [0.05, 0.1) is 0 Å². The summed E-state index contributed by atoms with van der Waals surface area (Å²) in [5.41, 5.74) is 1.88. The van der Waals surface area contributed by atoms with Gasteiger partial charge < -0.3 is 9.47 Å². The first-order chi connectivity index (χ1) is 12.5. The summed E-state index contributed by atoms with van der Waals surface area (Å²) in [6.45, 7) is 0.530. The lowest BCUT2D eigenvalue weighted by Gasteiger charge is -2.11. The van der Waals surface area contributed by atoms with Crippen molar-refractivity contribution in [3.63, 3.8) is 0 Å². The molecule has 7 heteroatoms. The van der Waals surface area contributed by atoms with Crippen molar-refractivity contribution >= 4 is 19.7 Å². The molecule has 26 heavy (non-hydrogen) atoms. The van der Waals surface area contributed by atoms with Gasteiger partial charge in [-0.1, -0.05) is 60.7 Å². The molecule has 1 aromatic heterocycles. The van der Waals surface area contributed by atoms with E-state index in [0.29, 0.717) is 5.75 Å². The first-order valence-corrected chi connectivity index (χ1v) is 10.1. The summed E-state index contributed by atoms with van der Waals surface area (Å²) in [7, 11) is 1.42. The number of ether oxygens (including phenoxy) is 2. The predicted molar refractivity (Wildman–Crippen MR) is 98.8 cm³/mol. The number of halogens is 1. The molecule has 0 amide bonds. The van der Waals surface area contributed by atoms with Gasteiger partial charge in [0.25, 0.3) is 9.05 Å². The van der Waals surface area contributed by atoms with Crippen LogP contribution in [0.2, 0.25) is 0 Å². The van der Waals surface area contributed by atoms with Crippen molar-refractivity contribution in [1.82, 2.24) is 4.98 Å². The second-order valence-corrected chi connectivity index (χ2v) is 7.98. The molecule has 0 aliphatic carbocycles. The fourth-order valence-corrected chi connectivity index (χ4v) is 2.91. The minimum atomic E-state index is -4.01. The molecule has 134 valence electrons. The average molecular weight is 390 g/mol. The van der Waals surface area contributed by atoms with Crippen molar-refractivity contribution in [2.45, 2.75) is 18.2 Å². The van der Waals surface area contributed by atoms with Gasteiger partial charge in [-0.05, 0) is 11.1 Å². The molecule has 0 saturated carbocycles. The van der Waals surface area contributed by atoms with E-state index < -0.39 is 9.05 Å². The van der Waals surface area contributed by atoms with Gasteiger partial charge in [0, 0.05) is 22.8 Å². The second-order valence-electron chi connectivity index (χ2n) is 5.47. The van der Waals surface area contributed by atoms with Crippen molar-refractivity contribution < 1.29 is 17.9 Å². The van der Waals surface area contributed by atoms with Crippen molar-refractivity contribution in [3.8, 4) is 11.6 Å². The Hall–Kier alpha value is -2.57. The molecule has 0 fully saturated rings. The summed E-state index contributed by atoms with van der Waals surface area (Å²) in [5.74, 6) is 0.435. The number of pyridine rings is 1. The first-order valence-electron chi connectivity index (χ1n) is 7.81. The molecule has 0 unspecified atom stereocenters. The molecule has 0 aliphatic heterocycles. The van der Waals surface area contributed by atoms with Crippen LogP contribution in [0.1, 0.15) is 11.1 Å². The van der Waals surface area contributed by atoms with E-state index in [4.69, 9.17) is 20.2 Å². The molecule has 1 heterocycles. The number of benzene rings is 2. The smallest absolute Gasteiger partial charge is 0.278 e. The molecule has 5 nitrogen and oxygen atoms in total. The lowest BCUT2D eigenvalue weighted by molar-refractivity contribution is 0.278. The largest absolute Gasteiger partial charge is 0.489 e. The minimum absolute atomic E-state index is 0.124. The normalized spacial score (nSPS) is 11.1. The van der Waals surface area contributed by atoms with Gasteiger partial charge >= 0.3 is 0 Å². The summed E-state index contributed by atoms with van der Waals surface area (Å²) in [5, 5.41) is -0.312. The van der Waals surface area contributed by atoms with Crippen LogP contribution in [0.5, 0.6) is 11.6 Å². The van der Waals surface area contributed by atoms with Gasteiger partial charge in [-0.3, -0.25) is 0 Å². The van der Waals surface area contributed by atoms with E-state index in [1.165, 1.54) is 12.1 Å². The Kier molecular flexibility index (Phi) is 5.75. The maximum Gasteiger partial charge on any atom is 0.278 e. The zero-order valence-corrected chi connectivity index (χ0v) is 15.3. The molecular weight excluding hydrogens is 374 g/mol. The van der Waals surface area contributed by atoms with Gasteiger partial charge in [-0.25, -0.2) is 13.4 Å². The highest BCUT2D eigenvalue weighted by Crippen LogP contribution is 2.25. The van der Waals surface area contributed by atoms with Crippen LogP contribution < -0.4 is 9.47 Å². The van der Waals surface area contributed by atoms with Crippen LogP contribution in [0.15, 0.2) is 77.8 Å². The van der Waals surface area contributed by atoms with E-state index in [1.807, 2.05) is 60.7 Å². The topological polar surface area (TPSA) is 65.5 Å². The van der Waals surface area contributed by atoms with Gasteiger partial charge in [-0.15, -0.1) is 0 Å². The Bertz CT molecular complexity index is 902. The zero-order chi connectivity index (χ0) is 18.4. The highest BCUT2D eigenvalue weighted by molar-refractivity contribution is 8.13. The fourth-order valence-electron chi connectivity index (χ4n) is 2.21. The molecule has 0 spiro atoms. The van der Waals surface area contributed by atoms with Crippen LogP contribution in [0.3, 0.4) is 0 Å². The third-order valence-electron chi connectivity index (χ3n) is 3.48. The highest BCUT2D eigenvalue weighted by atomic mass is 35.7.